The molecule has 0 aliphatic carbocycles. The first kappa shape index (κ1) is 13.8. The largest absolute Gasteiger partial charge is 0.0956 e. The standard InChI is InChI=1S/C12H14Br2/c1-9(2)5-7-11(12(13)14)8-6-10(3)4/h9-10H,1-4H3. The van der Waals surface area contributed by atoms with Gasteiger partial charge in [0.1, 0.15) is 0 Å². The number of allylic oxidation sites excluding steroid dienone is 1. The van der Waals surface area contributed by atoms with Gasteiger partial charge in [0.2, 0.25) is 0 Å². The molecule has 0 spiro atoms. The van der Waals surface area contributed by atoms with Crippen molar-refractivity contribution in [2.45, 2.75) is 27.7 Å². The predicted octanol–water partition coefficient (Wildman–Crippen LogP) is 4.31. The van der Waals surface area contributed by atoms with Crippen LogP contribution in [-0.2, 0) is 0 Å². The highest BCUT2D eigenvalue weighted by Gasteiger charge is 1.94. The fraction of sp³-hybridized carbons (Fsp3) is 0.500. The summed E-state index contributed by atoms with van der Waals surface area (Å²) in [5.74, 6) is 13.0. The molecule has 0 radical (unpaired) electrons. The molecule has 0 rings (SSSR count). The summed E-state index contributed by atoms with van der Waals surface area (Å²) in [7, 11) is 0. The van der Waals surface area contributed by atoms with E-state index in [4.69, 9.17) is 0 Å². The average Bonchev–Trinajstić information content (AvgIpc) is 2.02. The molecule has 0 saturated carbocycles. The molecule has 0 aromatic heterocycles. The molecule has 0 saturated heterocycles. The highest BCUT2D eigenvalue weighted by atomic mass is 79.9. The van der Waals surface area contributed by atoms with E-state index >= 15 is 0 Å². The molecule has 76 valence electrons. The Morgan fingerprint density at radius 2 is 1.21 bits per heavy atom. The van der Waals surface area contributed by atoms with Crippen molar-refractivity contribution in [1.82, 2.24) is 0 Å². The van der Waals surface area contributed by atoms with E-state index in [9.17, 15) is 0 Å². The molecule has 0 atom stereocenters. The highest BCUT2D eigenvalue weighted by Crippen LogP contribution is 2.18. The fourth-order valence-corrected chi connectivity index (χ4v) is 0.955. The summed E-state index contributed by atoms with van der Waals surface area (Å²) in [6.07, 6.45) is 0. The summed E-state index contributed by atoms with van der Waals surface area (Å²) < 4.78 is 0.825. The van der Waals surface area contributed by atoms with E-state index in [2.05, 4.69) is 83.2 Å². The van der Waals surface area contributed by atoms with Gasteiger partial charge in [0.05, 0.1) is 8.96 Å². The molecule has 0 bridgehead atoms. The second kappa shape index (κ2) is 7.16. The zero-order chi connectivity index (χ0) is 11.1. The van der Waals surface area contributed by atoms with E-state index < -0.39 is 0 Å². The lowest BCUT2D eigenvalue weighted by molar-refractivity contribution is 0.865. The van der Waals surface area contributed by atoms with Gasteiger partial charge in [-0.3, -0.25) is 0 Å². The van der Waals surface area contributed by atoms with Crippen LogP contribution in [0.3, 0.4) is 0 Å². The first-order valence-corrected chi connectivity index (χ1v) is 6.10. The van der Waals surface area contributed by atoms with Crippen molar-refractivity contribution < 1.29 is 0 Å². The number of hydrogen-bond donors (Lipinski definition) is 0. The van der Waals surface area contributed by atoms with Gasteiger partial charge in [0.15, 0.2) is 0 Å². The van der Waals surface area contributed by atoms with Crippen LogP contribution in [0.5, 0.6) is 0 Å². The van der Waals surface area contributed by atoms with Gasteiger partial charge in [-0.05, 0) is 31.9 Å². The van der Waals surface area contributed by atoms with Crippen molar-refractivity contribution in [2.75, 3.05) is 0 Å². The average molecular weight is 318 g/mol. The SMILES string of the molecule is CC(C)C#CC(C#CC(C)C)=C(Br)Br. The third-order valence-electron chi connectivity index (χ3n) is 1.16. The maximum atomic E-state index is 3.33. The van der Waals surface area contributed by atoms with Gasteiger partial charge >= 0.3 is 0 Å². The fourth-order valence-electron chi connectivity index (χ4n) is 0.559. The van der Waals surface area contributed by atoms with E-state index in [1.54, 1.807) is 0 Å². The zero-order valence-corrected chi connectivity index (χ0v) is 12.1. The van der Waals surface area contributed by atoms with E-state index in [0.29, 0.717) is 11.8 Å². The van der Waals surface area contributed by atoms with Crippen LogP contribution in [0.1, 0.15) is 27.7 Å². The second-order valence-electron chi connectivity index (χ2n) is 3.48. The van der Waals surface area contributed by atoms with Crippen molar-refractivity contribution in [1.29, 1.82) is 0 Å². The first-order chi connectivity index (χ1) is 6.43. The van der Waals surface area contributed by atoms with Crippen molar-refractivity contribution >= 4 is 31.9 Å². The summed E-state index contributed by atoms with van der Waals surface area (Å²) >= 11 is 6.66. The van der Waals surface area contributed by atoms with Gasteiger partial charge in [-0.25, -0.2) is 0 Å². The minimum absolute atomic E-state index is 0.366. The van der Waals surface area contributed by atoms with Crippen LogP contribution in [0.4, 0.5) is 0 Å². The van der Waals surface area contributed by atoms with Crippen LogP contribution in [0.25, 0.3) is 0 Å². The first-order valence-electron chi connectivity index (χ1n) is 4.51. The minimum atomic E-state index is 0.366. The lowest BCUT2D eigenvalue weighted by Gasteiger charge is -1.92. The molecule has 0 N–H and O–H groups in total. The Kier molecular flexibility index (Phi) is 7.06. The molecule has 0 nitrogen and oxygen atoms in total. The minimum Gasteiger partial charge on any atom is -0.0943 e. The lowest BCUT2D eigenvalue weighted by Crippen LogP contribution is -1.83. The van der Waals surface area contributed by atoms with E-state index in [1.165, 1.54) is 0 Å². The van der Waals surface area contributed by atoms with E-state index in [-0.39, 0.29) is 0 Å². The number of hydrogen-bond acceptors (Lipinski definition) is 0. The maximum Gasteiger partial charge on any atom is 0.0956 e. The van der Waals surface area contributed by atoms with Gasteiger partial charge in [0, 0.05) is 11.8 Å². The quantitative estimate of drug-likeness (QED) is 0.584. The molecule has 0 heterocycles. The molecule has 0 aliphatic rings. The second-order valence-corrected chi connectivity index (χ2v) is 6.13. The van der Waals surface area contributed by atoms with Crippen LogP contribution >= 0.6 is 31.9 Å². The van der Waals surface area contributed by atoms with Gasteiger partial charge in [0.25, 0.3) is 0 Å². The van der Waals surface area contributed by atoms with E-state index in [1.807, 2.05) is 0 Å². The number of halogens is 2. The Hall–Kier alpha value is -0.180. The Morgan fingerprint density at radius 1 is 0.857 bits per heavy atom. The lowest BCUT2D eigenvalue weighted by atomic mass is 10.2. The van der Waals surface area contributed by atoms with Crippen LogP contribution in [0.2, 0.25) is 0 Å². The Morgan fingerprint density at radius 3 is 1.43 bits per heavy atom. The third-order valence-corrected chi connectivity index (χ3v) is 1.95. The van der Waals surface area contributed by atoms with Crippen LogP contribution in [0, 0.1) is 35.5 Å². The topological polar surface area (TPSA) is 0 Å². The van der Waals surface area contributed by atoms with E-state index in [0.717, 1.165) is 8.96 Å². The van der Waals surface area contributed by atoms with Gasteiger partial charge < -0.3 is 0 Å². The molecular weight excluding hydrogens is 304 g/mol. The summed E-state index contributed by atoms with van der Waals surface area (Å²) in [5.41, 5.74) is 0.812. The molecular formula is C12H14Br2. The molecule has 2 heteroatoms. The van der Waals surface area contributed by atoms with Crippen molar-refractivity contribution in [3.8, 4) is 23.7 Å². The number of rotatable bonds is 0. The molecule has 0 aliphatic heterocycles. The summed E-state index contributed by atoms with van der Waals surface area (Å²) in [4.78, 5) is 0. The molecule has 0 aromatic rings. The molecule has 0 amide bonds. The third kappa shape index (κ3) is 7.25. The Bertz CT molecular complexity index is 295. The van der Waals surface area contributed by atoms with Gasteiger partial charge in [-0.1, -0.05) is 51.4 Å². The maximum absolute atomic E-state index is 3.33. The molecule has 14 heavy (non-hydrogen) atoms. The van der Waals surface area contributed by atoms with Crippen LogP contribution in [-0.4, -0.2) is 0 Å². The summed E-state index contributed by atoms with van der Waals surface area (Å²) in [6.45, 7) is 8.23. The van der Waals surface area contributed by atoms with Crippen LogP contribution in [0.15, 0.2) is 8.96 Å². The molecule has 0 fully saturated rings. The van der Waals surface area contributed by atoms with Gasteiger partial charge in [-0.2, -0.15) is 0 Å². The van der Waals surface area contributed by atoms with Crippen LogP contribution < -0.4 is 0 Å². The smallest absolute Gasteiger partial charge is 0.0943 e. The summed E-state index contributed by atoms with van der Waals surface area (Å²) in [6, 6.07) is 0. The Labute approximate surface area is 104 Å². The monoisotopic (exact) mass is 316 g/mol. The highest BCUT2D eigenvalue weighted by molar-refractivity contribution is 9.28. The molecule has 0 unspecified atom stereocenters. The molecule has 0 aromatic carbocycles. The predicted molar refractivity (Wildman–Crippen MR) is 70.1 cm³/mol. The summed E-state index contributed by atoms with van der Waals surface area (Å²) in [5, 5.41) is 0. The van der Waals surface area contributed by atoms with Crippen molar-refractivity contribution in [3.05, 3.63) is 8.96 Å². The normalized spacial score (nSPS) is 8.86. The van der Waals surface area contributed by atoms with Crippen molar-refractivity contribution in [2.24, 2.45) is 11.8 Å². The van der Waals surface area contributed by atoms with Crippen molar-refractivity contribution in [3.63, 3.8) is 0 Å². The zero-order valence-electron chi connectivity index (χ0n) is 8.91. The van der Waals surface area contributed by atoms with Gasteiger partial charge in [-0.15, -0.1) is 0 Å². The Balaban J connectivity index is 4.81.